The maximum Gasteiger partial charge on any atom is 0.273 e. The first-order valence-electron chi connectivity index (χ1n) is 8.41. The van der Waals surface area contributed by atoms with E-state index in [1.54, 1.807) is 24.3 Å². The summed E-state index contributed by atoms with van der Waals surface area (Å²) in [4.78, 5) is 12.4. The summed E-state index contributed by atoms with van der Waals surface area (Å²) in [5.74, 6) is -0.344. The Labute approximate surface area is 151 Å². The van der Waals surface area contributed by atoms with Crippen LogP contribution in [0.2, 0.25) is 5.02 Å². The molecule has 1 aliphatic heterocycles. The van der Waals surface area contributed by atoms with E-state index in [0.29, 0.717) is 16.3 Å². The topological polar surface area (TPSA) is 92.1 Å². The fourth-order valence-electron chi connectivity index (χ4n) is 3.08. The Morgan fingerprint density at radius 3 is 2.88 bits per heavy atom. The number of carbonyl (C=O) groups excluding carboxylic acids is 1. The lowest BCUT2D eigenvalue weighted by Gasteiger charge is -2.23. The minimum atomic E-state index is -0.877. The van der Waals surface area contributed by atoms with Crippen LogP contribution in [0.15, 0.2) is 24.3 Å². The Bertz CT molecular complexity index is 742. The molecule has 3 N–H and O–H groups in total. The molecule has 1 atom stereocenters. The molecule has 25 heavy (non-hydrogen) atoms. The zero-order valence-corrected chi connectivity index (χ0v) is 14.8. The van der Waals surface area contributed by atoms with E-state index in [1.807, 2.05) is 11.6 Å². The lowest BCUT2D eigenvalue weighted by atomic mass is 10.1. The number of piperidine rings is 1. The minimum absolute atomic E-state index is 0.0578. The Balaban J connectivity index is 1.64. The second kappa shape index (κ2) is 7.95. The average molecular weight is 364 g/mol. The predicted molar refractivity (Wildman–Crippen MR) is 94.6 cm³/mol. The molecule has 1 aliphatic rings. The molecule has 0 bridgehead atoms. The number of nitrogens with zero attached hydrogens (tertiary/aromatic N) is 3. The van der Waals surface area contributed by atoms with Gasteiger partial charge in [-0.25, -0.2) is 4.68 Å². The molecule has 0 unspecified atom stereocenters. The third-order valence-electron chi connectivity index (χ3n) is 4.52. The molecule has 134 valence electrons. The van der Waals surface area contributed by atoms with Gasteiger partial charge in [-0.3, -0.25) is 4.79 Å². The number of benzene rings is 1. The van der Waals surface area contributed by atoms with Gasteiger partial charge in [0.15, 0.2) is 5.69 Å². The van der Waals surface area contributed by atoms with Crippen LogP contribution in [0.3, 0.4) is 0 Å². The predicted octanol–water partition coefficient (Wildman–Crippen LogP) is 1.63. The normalized spacial score (nSPS) is 16.6. The van der Waals surface area contributed by atoms with Crippen LogP contribution >= 0.6 is 11.6 Å². The van der Waals surface area contributed by atoms with Crippen LogP contribution in [-0.4, -0.2) is 45.6 Å². The zero-order chi connectivity index (χ0) is 17.8. The van der Waals surface area contributed by atoms with Crippen molar-refractivity contribution < 1.29 is 9.90 Å². The van der Waals surface area contributed by atoms with Crippen LogP contribution in [-0.2, 0) is 0 Å². The van der Waals surface area contributed by atoms with Crippen LogP contribution in [0.1, 0.15) is 46.7 Å². The van der Waals surface area contributed by atoms with Gasteiger partial charge in [0.1, 0.15) is 0 Å². The highest BCUT2D eigenvalue weighted by Gasteiger charge is 2.23. The first-order chi connectivity index (χ1) is 12.1. The molecule has 0 saturated carbocycles. The number of carbonyl (C=O) groups is 1. The smallest absolute Gasteiger partial charge is 0.273 e. The van der Waals surface area contributed by atoms with E-state index in [-0.39, 0.29) is 18.5 Å². The first kappa shape index (κ1) is 17.8. The average Bonchev–Trinajstić information content (AvgIpc) is 3.02. The summed E-state index contributed by atoms with van der Waals surface area (Å²) in [6.45, 7) is 3.79. The van der Waals surface area contributed by atoms with Gasteiger partial charge in [-0.2, -0.15) is 0 Å². The fourth-order valence-corrected chi connectivity index (χ4v) is 3.34. The zero-order valence-electron chi connectivity index (χ0n) is 14.1. The van der Waals surface area contributed by atoms with Gasteiger partial charge in [0.2, 0.25) is 0 Å². The van der Waals surface area contributed by atoms with Crippen LogP contribution in [0, 0.1) is 6.92 Å². The Morgan fingerprint density at radius 2 is 2.16 bits per heavy atom. The van der Waals surface area contributed by atoms with E-state index >= 15 is 0 Å². The van der Waals surface area contributed by atoms with E-state index in [1.165, 1.54) is 0 Å². The number of hydrogen-bond acceptors (Lipinski definition) is 5. The molecule has 0 aliphatic carbocycles. The molecule has 1 amide bonds. The monoisotopic (exact) mass is 363 g/mol. The van der Waals surface area contributed by atoms with Gasteiger partial charge in [0.25, 0.3) is 5.91 Å². The highest BCUT2D eigenvalue weighted by Crippen LogP contribution is 2.22. The lowest BCUT2D eigenvalue weighted by Crippen LogP contribution is -2.31. The van der Waals surface area contributed by atoms with Crippen LogP contribution in [0.4, 0.5) is 0 Å². The van der Waals surface area contributed by atoms with Gasteiger partial charge in [-0.15, -0.1) is 5.10 Å². The number of amides is 1. The molecule has 2 aromatic rings. The molecule has 1 aromatic heterocycles. The summed E-state index contributed by atoms with van der Waals surface area (Å²) in [6.07, 6.45) is 1.06. The highest BCUT2D eigenvalue weighted by molar-refractivity contribution is 6.31. The molecule has 1 saturated heterocycles. The fraction of sp³-hybridized carbons (Fsp3) is 0.471. The van der Waals surface area contributed by atoms with Crippen LogP contribution < -0.4 is 10.6 Å². The van der Waals surface area contributed by atoms with Crippen LogP contribution in [0.25, 0.3) is 0 Å². The number of hydrogen-bond donors (Lipinski definition) is 3. The number of aliphatic hydroxyl groups is 1. The van der Waals surface area contributed by atoms with Crippen molar-refractivity contribution in [3.63, 3.8) is 0 Å². The Kier molecular flexibility index (Phi) is 5.67. The maximum absolute atomic E-state index is 12.4. The van der Waals surface area contributed by atoms with Crippen molar-refractivity contribution >= 4 is 17.5 Å². The van der Waals surface area contributed by atoms with Crippen LogP contribution in [0.5, 0.6) is 0 Å². The van der Waals surface area contributed by atoms with E-state index < -0.39 is 6.10 Å². The summed E-state index contributed by atoms with van der Waals surface area (Å²) >= 11 is 6.06. The summed E-state index contributed by atoms with van der Waals surface area (Å²) in [7, 11) is 0. The first-order valence-corrected chi connectivity index (χ1v) is 8.79. The van der Waals surface area contributed by atoms with Crippen molar-refractivity contribution in [2.24, 2.45) is 0 Å². The molecule has 2 heterocycles. The molecule has 1 fully saturated rings. The number of nitrogens with one attached hydrogen (secondary N) is 2. The van der Waals surface area contributed by atoms with E-state index in [9.17, 15) is 9.90 Å². The van der Waals surface area contributed by atoms with Crippen molar-refractivity contribution in [3.05, 3.63) is 46.2 Å². The molecule has 3 rings (SSSR count). The van der Waals surface area contributed by atoms with Crippen molar-refractivity contribution in [3.8, 4) is 0 Å². The molecule has 1 aromatic carbocycles. The summed E-state index contributed by atoms with van der Waals surface area (Å²) < 4.78 is 1.83. The summed E-state index contributed by atoms with van der Waals surface area (Å²) in [5.41, 5.74) is 1.63. The van der Waals surface area contributed by atoms with Gasteiger partial charge >= 0.3 is 0 Å². The minimum Gasteiger partial charge on any atom is -0.387 e. The van der Waals surface area contributed by atoms with Crippen molar-refractivity contribution in [2.45, 2.75) is 31.9 Å². The molecule has 8 heteroatoms. The Hall–Kier alpha value is -1.96. The second-order valence-corrected chi connectivity index (χ2v) is 6.60. The van der Waals surface area contributed by atoms with Crippen molar-refractivity contribution in [1.82, 2.24) is 25.6 Å². The lowest BCUT2D eigenvalue weighted by molar-refractivity contribution is 0.0910. The summed E-state index contributed by atoms with van der Waals surface area (Å²) in [5, 5.41) is 24.9. The Morgan fingerprint density at radius 1 is 1.44 bits per heavy atom. The van der Waals surface area contributed by atoms with Gasteiger partial charge in [0.05, 0.1) is 17.8 Å². The quantitative estimate of drug-likeness (QED) is 0.751. The molecular formula is C17H22ClN5O2. The third kappa shape index (κ3) is 4.00. The second-order valence-electron chi connectivity index (χ2n) is 6.20. The number of halogens is 1. The van der Waals surface area contributed by atoms with E-state index in [0.717, 1.165) is 31.6 Å². The standard InChI is InChI=1S/C17H22ClN5O2/c1-11-16(21-22-23(11)12-6-8-19-9-7-12)17(25)20-10-15(24)13-4-2-3-5-14(13)18/h2-5,12,15,19,24H,6-10H2,1H3,(H,20,25)/t15-/m1/s1. The highest BCUT2D eigenvalue weighted by atomic mass is 35.5. The summed E-state index contributed by atoms with van der Waals surface area (Å²) in [6, 6.07) is 7.29. The molecular weight excluding hydrogens is 342 g/mol. The van der Waals surface area contributed by atoms with Gasteiger partial charge < -0.3 is 15.7 Å². The van der Waals surface area contributed by atoms with Gasteiger partial charge in [-0.1, -0.05) is 35.0 Å². The molecule has 0 spiro atoms. The molecule has 0 radical (unpaired) electrons. The van der Waals surface area contributed by atoms with E-state index in [2.05, 4.69) is 20.9 Å². The number of aromatic nitrogens is 3. The van der Waals surface area contributed by atoms with E-state index in [4.69, 9.17) is 11.6 Å². The van der Waals surface area contributed by atoms with Crippen molar-refractivity contribution in [1.29, 1.82) is 0 Å². The maximum atomic E-state index is 12.4. The van der Waals surface area contributed by atoms with Gasteiger partial charge in [0, 0.05) is 17.1 Å². The number of rotatable bonds is 5. The SMILES string of the molecule is Cc1c(C(=O)NC[C@@H](O)c2ccccc2Cl)nnn1C1CCNCC1. The third-order valence-corrected chi connectivity index (χ3v) is 4.86. The largest absolute Gasteiger partial charge is 0.387 e. The van der Waals surface area contributed by atoms with Gasteiger partial charge in [-0.05, 0) is 38.9 Å². The number of aliphatic hydroxyl groups excluding tert-OH is 1. The molecule has 7 nitrogen and oxygen atoms in total. The van der Waals surface area contributed by atoms with Crippen molar-refractivity contribution in [2.75, 3.05) is 19.6 Å².